The first-order valence-electron chi connectivity index (χ1n) is 12.5. The number of fused-ring (bicyclic) bond motifs is 3. The Kier molecular flexibility index (Phi) is 7.13. The molecule has 0 bridgehead atoms. The topological polar surface area (TPSA) is 89.9 Å². The molecule has 0 aliphatic heterocycles. The summed E-state index contributed by atoms with van der Waals surface area (Å²) in [5.74, 6) is -0.367. The quantitative estimate of drug-likeness (QED) is 0.453. The molecule has 0 unspecified atom stereocenters. The van der Waals surface area contributed by atoms with Crippen molar-refractivity contribution in [2.75, 3.05) is 7.11 Å². The van der Waals surface area contributed by atoms with Gasteiger partial charge in [-0.3, -0.25) is 14.4 Å². The van der Waals surface area contributed by atoms with E-state index < -0.39 is 11.9 Å². The summed E-state index contributed by atoms with van der Waals surface area (Å²) in [5, 5.41) is 11.5. The van der Waals surface area contributed by atoms with E-state index in [1.165, 1.54) is 7.11 Å². The van der Waals surface area contributed by atoms with E-state index in [1.807, 2.05) is 0 Å². The summed E-state index contributed by atoms with van der Waals surface area (Å²) in [7, 11) is 1.45. The monoisotopic (exact) mass is 478 g/mol. The second-order valence-corrected chi connectivity index (χ2v) is 10.1. The summed E-state index contributed by atoms with van der Waals surface area (Å²) >= 11 is 0. The van der Waals surface area contributed by atoms with E-state index in [2.05, 4.69) is 20.8 Å². The summed E-state index contributed by atoms with van der Waals surface area (Å²) in [6, 6.07) is 6.59. The normalized spacial score (nSPS) is 19.7. The van der Waals surface area contributed by atoms with Crippen LogP contribution in [0.5, 0.6) is 11.5 Å². The third kappa shape index (κ3) is 4.52. The number of Topliss-reactive ketones (excluding diaryl/α,β-unsaturated/α-hetero) is 1. The van der Waals surface area contributed by atoms with Gasteiger partial charge < -0.3 is 14.6 Å². The van der Waals surface area contributed by atoms with E-state index >= 15 is 0 Å². The molecule has 3 atom stereocenters. The molecule has 0 heterocycles. The summed E-state index contributed by atoms with van der Waals surface area (Å²) < 4.78 is 11.9. The van der Waals surface area contributed by atoms with Crippen molar-refractivity contribution >= 4 is 17.3 Å². The molecule has 0 saturated heterocycles. The van der Waals surface area contributed by atoms with Gasteiger partial charge in [0.15, 0.2) is 5.78 Å². The van der Waals surface area contributed by atoms with Crippen molar-refractivity contribution in [1.82, 2.24) is 0 Å². The van der Waals surface area contributed by atoms with Crippen molar-refractivity contribution in [3.8, 4) is 11.5 Å². The molecule has 6 nitrogen and oxygen atoms in total. The Balaban J connectivity index is 1.83. The van der Waals surface area contributed by atoms with Crippen molar-refractivity contribution < 1.29 is 29.0 Å². The van der Waals surface area contributed by atoms with E-state index in [1.54, 1.807) is 31.2 Å². The summed E-state index contributed by atoms with van der Waals surface area (Å²) in [4.78, 5) is 39.4. The van der Waals surface area contributed by atoms with Gasteiger partial charge >= 0.3 is 0 Å². The molecular weight excluding hydrogens is 444 g/mol. The molecule has 2 aliphatic carbocycles. The molecule has 4 rings (SSSR count). The molecule has 186 valence electrons. The standard InChI is InChI=1S/C29H34O6/c1-6-19(11-10-15(2)3)35-23-14-17(16(4)30)12-18-13-21-26(28(32)24(18)23)29(33)25-20(27(21)31)8-7-9-22(25)34-5/h7-9,13,15,17,19,23,32H,6,10-12,14H2,1-5H3/t17-,19+,23+/m0/s1. The van der Waals surface area contributed by atoms with Gasteiger partial charge in [0.25, 0.3) is 0 Å². The zero-order valence-corrected chi connectivity index (χ0v) is 21.1. The van der Waals surface area contributed by atoms with Crippen LogP contribution in [-0.2, 0) is 16.0 Å². The molecule has 2 aromatic carbocycles. The maximum Gasteiger partial charge on any atom is 0.201 e. The lowest BCUT2D eigenvalue weighted by atomic mass is 9.74. The zero-order chi connectivity index (χ0) is 25.4. The molecule has 2 aliphatic rings. The Bertz CT molecular complexity index is 1180. The highest BCUT2D eigenvalue weighted by Gasteiger charge is 2.41. The number of benzene rings is 2. The van der Waals surface area contributed by atoms with E-state index in [0.29, 0.717) is 35.6 Å². The number of aromatic hydroxyl groups is 1. The molecule has 0 spiro atoms. The Labute approximate surface area is 206 Å². The maximum absolute atomic E-state index is 13.6. The highest BCUT2D eigenvalue weighted by molar-refractivity contribution is 6.30. The number of phenols is 1. The summed E-state index contributed by atoms with van der Waals surface area (Å²) in [6.07, 6.45) is 2.96. The summed E-state index contributed by atoms with van der Waals surface area (Å²) in [6.45, 7) is 7.97. The van der Waals surface area contributed by atoms with Crippen LogP contribution in [0.15, 0.2) is 24.3 Å². The Morgan fingerprint density at radius 3 is 2.49 bits per heavy atom. The SMILES string of the molecule is CC[C@H](CCC(C)C)O[C@@H]1C[C@@H](C(C)=O)Cc2cc3c(c(O)c21)C(=O)c1c(OC)cccc1C3=O. The number of hydrogen-bond donors (Lipinski definition) is 1. The van der Waals surface area contributed by atoms with Crippen LogP contribution in [-0.4, -0.2) is 35.7 Å². The van der Waals surface area contributed by atoms with Crippen molar-refractivity contribution in [3.63, 3.8) is 0 Å². The third-order valence-corrected chi connectivity index (χ3v) is 7.36. The minimum absolute atomic E-state index is 0.00384. The molecule has 0 saturated carbocycles. The van der Waals surface area contributed by atoms with E-state index in [0.717, 1.165) is 19.3 Å². The first-order valence-corrected chi connectivity index (χ1v) is 12.5. The predicted octanol–water partition coefficient (Wildman–Crippen LogP) is 5.60. The fourth-order valence-electron chi connectivity index (χ4n) is 5.35. The highest BCUT2D eigenvalue weighted by Crippen LogP contribution is 2.47. The van der Waals surface area contributed by atoms with E-state index in [-0.39, 0.29) is 51.6 Å². The molecular formula is C29H34O6. The van der Waals surface area contributed by atoms with Gasteiger partial charge in [0.05, 0.1) is 30.4 Å². The van der Waals surface area contributed by atoms with Crippen LogP contribution in [0.3, 0.4) is 0 Å². The second-order valence-electron chi connectivity index (χ2n) is 10.1. The van der Waals surface area contributed by atoms with Gasteiger partial charge in [-0.05, 0) is 62.6 Å². The van der Waals surface area contributed by atoms with Gasteiger partial charge in [0, 0.05) is 22.6 Å². The number of rotatable bonds is 8. The van der Waals surface area contributed by atoms with Crippen LogP contribution >= 0.6 is 0 Å². The van der Waals surface area contributed by atoms with Crippen LogP contribution in [0, 0.1) is 11.8 Å². The largest absolute Gasteiger partial charge is 0.507 e. The smallest absolute Gasteiger partial charge is 0.201 e. The van der Waals surface area contributed by atoms with Crippen molar-refractivity contribution in [3.05, 3.63) is 57.6 Å². The predicted molar refractivity (Wildman–Crippen MR) is 132 cm³/mol. The van der Waals surface area contributed by atoms with Crippen molar-refractivity contribution in [2.24, 2.45) is 11.8 Å². The van der Waals surface area contributed by atoms with Crippen molar-refractivity contribution in [2.45, 2.75) is 72.0 Å². The number of methoxy groups -OCH3 is 1. The van der Waals surface area contributed by atoms with Gasteiger partial charge in [0.1, 0.15) is 17.3 Å². The molecule has 0 radical (unpaired) electrons. The lowest BCUT2D eigenvalue weighted by Gasteiger charge is -2.35. The maximum atomic E-state index is 13.6. The molecule has 6 heteroatoms. The van der Waals surface area contributed by atoms with Gasteiger partial charge in [-0.1, -0.05) is 32.9 Å². The highest BCUT2D eigenvalue weighted by atomic mass is 16.5. The van der Waals surface area contributed by atoms with Crippen LogP contribution in [0.4, 0.5) is 0 Å². The Morgan fingerprint density at radius 1 is 1.11 bits per heavy atom. The number of ketones is 3. The van der Waals surface area contributed by atoms with Crippen LogP contribution in [0.25, 0.3) is 0 Å². The Morgan fingerprint density at radius 2 is 1.86 bits per heavy atom. The number of ether oxygens (including phenoxy) is 2. The van der Waals surface area contributed by atoms with E-state index in [9.17, 15) is 19.5 Å². The van der Waals surface area contributed by atoms with Crippen LogP contribution in [0.2, 0.25) is 0 Å². The molecule has 2 aromatic rings. The molecule has 35 heavy (non-hydrogen) atoms. The number of phenolic OH excluding ortho intramolecular Hbond substituents is 1. The zero-order valence-electron chi connectivity index (χ0n) is 21.1. The molecule has 1 N–H and O–H groups in total. The van der Waals surface area contributed by atoms with Gasteiger partial charge in [-0.15, -0.1) is 0 Å². The first kappa shape index (κ1) is 25.1. The molecule has 0 aromatic heterocycles. The minimum Gasteiger partial charge on any atom is -0.507 e. The fourth-order valence-corrected chi connectivity index (χ4v) is 5.35. The first-order chi connectivity index (χ1) is 16.7. The molecule has 0 amide bonds. The lowest BCUT2D eigenvalue weighted by molar-refractivity contribution is -0.123. The average Bonchev–Trinajstić information content (AvgIpc) is 2.83. The number of carbonyl (C=O) groups is 3. The second kappa shape index (κ2) is 9.94. The number of carbonyl (C=O) groups excluding carboxylic acids is 3. The third-order valence-electron chi connectivity index (χ3n) is 7.36. The fraction of sp³-hybridized carbons (Fsp3) is 0.483. The summed E-state index contributed by atoms with van der Waals surface area (Å²) in [5.41, 5.74) is 1.82. The van der Waals surface area contributed by atoms with Crippen molar-refractivity contribution in [1.29, 1.82) is 0 Å². The average molecular weight is 479 g/mol. The van der Waals surface area contributed by atoms with Crippen LogP contribution < -0.4 is 4.74 Å². The van der Waals surface area contributed by atoms with Crippen LogP contribution in [0.1, 0.15) is 102 Å². The van der Waals surface area contributed by atoms with Gasteiger partial charge in [-0.2, -0.15) is 0 Å². The van der Waals surface area contributed by atoms with E-state index in [4.69, 9.17) is 9.47 Å². The van der Waals surface area contributed by atoms with Gasteiger partial charge in [0.2, 0.25) is 5.78 Å². The molecule has 0 fully saturated rings. The Hall–Kier alpha value is -2.99. The van der Waals surface area contributed by atoms with Gasteiger partial charge in [-0.25, -0.2) is 0 Å². The lowest BCUT2D eigenvalue weighted by Crippen LogP contribution is -2.30. The minimum atomic E-state index is -0.531. The number of hydrogen-bond acceptors (Lipinski definition) is 6.